The molecule has 0 fully saturated rings. The molecule has 118 valence electrons. The molecule has 0 radical (unpaired) electrons. The SMILES string of the molecule is c1ccc(-n2c3ccncc3n3c4[n+](cc23)Cc2ncccc2-4)cc1. The molecule has 5 nitrogen and oxygen atoms in total. The highest BCUT2D eigenvalue weighted by Crippen LogP contribution is 2.32. The Morgan fingerprint density at radius 1 is 0.920 bits per heavy atom. The lowest BCUT2D eigenvalue weighted by molar-refractivity contribution is -0.670. The molecule has 25 heavy (non-hydrogen) atoms. The fourth-order valence-electron chi connectivity index (χ4n) is 3.93. The van der Waals surface area contributed by atoms with Gasteiger partial charge in [0.25, 0.3) is 11.5 Å². The fourth-order valence-corrected chi connectivity index (χ4v) is 3.93. The monoisotopic (exact) mass is 324 g/mol. The van der Waals surface area contributed by atoms with Crippen molar-refractivity contribution < 1.29 is 4.57 Å². The minimum absolute atomic E-state index is 0.809. The number of pyridine rings is 2. The first-order chi connectivity index (χ1) is 12.4. The van der Waals surface area contributed by atoms with Crippen molar-refractivity contribution in [2.24, 2.45) is 0 Å². The van der Waals surface area contributed by atoms with Gasteiger partial charge in [-0.1, -0.05) is 18.2 Å². The van der Waals surface area contributed by atoms with Gasteiger partial charge >= 0.3 is 0 Å². The second-order valence-electron chi connectivity index (χ2n) is 6.31. The summed E-state index contributed by atoms with van der Waals surface area (Å²) in [5.41, 5.74) is 6.86. The van der Waals surface area contributed by atoms with Crippen LogP contribution in [0.3, 0.4) is 0 Å². The standard InChI is InChI=1S/C20H14N5/c1-2-5-14(6-3-1)24-17-8-10-21-11-18(17)25-19(24)13-23-12-16-15(20(23)25)7-4-9-22-16/h1-11,13H,12H2/q+1. The van der Waals surface area contributed by atoms with E-state index in [4.69, 9.17) is 0 Å². The summed E-state index contributed by atoms with van der Waals surface area (Å²) in [5, 5.41) is 0. The number of hydrogen-bond donors (Lipinski definition) is 0. The smallest absolute Gasteiger partial charge is 0.270 e. The molecule has 0 N–H and O–H groups in total. The van der Waals surface area contributed by atoms with Gasteiger partial charge in [0.2, 0.25) is 0 Å². The number of fused-ring (bicyclic) bond motifs is 7. The summed E-state index contributed by atoms with van der Waals surface area (Å²) in [6, 6.07) is 16.7. The predicted octanol–water partition coefficient (Wildman–Crippen LogP) is 2.99. The lowest BCUT2D eigenvalue weighted by atomic mass is 10.2. The van der Waals surface area contributed by atoms with Crippen molar-refractivity contribution in [1.29, 1.82) is 0 Å². The van der Waals surface area contributed by atoms with E-state index >= 15 is 0 Å². The second-order valence-corrected chi connectivity index (χ2v) is 6.31. The van der Waals surface area contributed by atoms with Crippen LogP contribution in [0.1, 0.15) is 5.69 Å². The number of imidazole rings is 2. The Morgan fingerprint density at radius 3 is 2.76 bits per heavy atom. The van der Waals surface area contributed by atoms with Crippen LogP contribution < -0.4 is 4.57 Å². The molecule has 5 aromatic rings. The summed E-state index contributed by atoms with van der Waals surface area (Å²) in [6.07, 6.45) is 7.87. The van der Waals surface area contributed by atoms with Gasteiger partial charge in [0.05, 0.1) is 17.5 Å². The first-order valence-corrected chi connectivity index (χ1v) is 8.31. The molecule has 0 bridgehead atoms. The summed E-state index contributed by atoms with van der Waals surface area (Å²) in [7, 11) is 0. The topological polar surface area (TPSA) is 39.0 Å². The van der Waals surface area contributed by atoms with Crippen LogP contribution in [-0.2, 0) is 6.54 Å². The normalized spacial score (nSPS) is 12.6. The molecule has 0 unspecified atom stereocenters. The van der Waals surface area contributed by atoms with Crippen molar-refractivity contribution in [3.8, 4) is 17.1 Å². The minimum Gasteiger partial charge on any atom is -0.270 e. The van der Waals surface area contributed by atoms with Gasteiger partial charge in [0.15, 0.2) is 11.7 Å². The van der Waals surface area contributed by atoms with Gasteiger partial charge in [0.1, 0.15) is 12.1 Å². The van der Waals surface area contributed by atoms with E-state index in [0.717, 1.165) is 34.6 Å². The molecule has 0 atom stereocenters. The molecule has 4 aromatic heterocycles. The van der Waals surface area contributed by atoms with Crippen LogP contribution in [-0.4, -0.2) is 18.9 Å². The summed E-state index contributed by atoms with van der Waals surface area (Å²) in [6.45, 7) is 0.809. The third-order valence-corrected chi connectivity index (χ3v) is 4.94. The van der Waals surface area contributed by atoms with Gasteiger partial charge in [-0.25, -0.2) is 4.57 Å². The Labute approximate surface area is 143 Å². The van der Waals surface area contributed by atoms with E-state index in [1.54, 1.807) is 0 Å². The van der Waals surface area contributed by atoms with E-state index < -0.39 is 0 Å². The molecule has 0 saturated heterocycles. The van der Waals surface area contributed by atoms with E-state index in [2.05, 4.69) is 66.1 Å². The molecule has 0 aliphatic carbocycles. The van der Waals surface area contributed by atoms with E-state index in [-0.39, 0.29) is 0 Å². The molecule has 1 aliphatic rings. The van der Waals surface area contributed by atoms with Gasteiger partial charge in [-0.2, -0.15) is 4.40 Å². The van der Waals surface area contributed by atoms with Crippen molar-refractivity contribution in [2.75, 3.05) is 0 Å². The highest BCUT2D eigenvalue weighted by atomic mass is 15.2. The van der Waals surface area contributed by atoms with Crippen molar-refractivity contribution >= 4 is 16.7 Å². The molecule has 0 saturated carbocycles. The zero-order valence-electron chi connectivity index (χ0n) is 13.4. The van der Waals surface area contributed by atoms with Gasteiger partial charge in [-0.05, 0) is 30.3 Å². The lowest BCUT2D eigenvalue weighted by Crippen LogP contribution is -2.30. The number of para-hydroxylation sites is 1. The maximum Gasteiger partial charge on any atom is 0.298 e. The lowest BCUT2D eigenvalue weighted by Gasteiger charge is -2.02. The van der Waals surface area contributed by atoms with Crippen molar-refractivity contribution in [3.05, 3.63) is 79.0 Å². The highest BCUT2D eigenvalue weighted by Gasteiger charge is 2.34. The van der Waals surface area contributed by atoms with Crippen LogP contribution in [0.15, 0.2) is 73.3 Å². The molecule has 5 heterocycles. The quantitative estimate of drug-likeness (QED) is 0.436. The van der Waals surface area contributed by atoms with Crippen LogP contribution in [0.5, 0.6) is 0 Å². The summed E-state index contributed by atoms with van der Waals surface area (Å²) < 4.78 is 6.86. The van der Waals surface area contributed by atoms with Gasteiger partial charge in [-0.3, -0.25) is 14.5 Å². The number of aromatic nitrogens is 5. The number of rotatable bonds is 1. The Kier molecular flexibility index (Phi) is 2.34. The van der Waals surface area contributed by atoms with Gasteiger partial charge < -0.3 is 0 Å². The third kappa shape index (κ3) is 1.59. The number of hydrogen-bond acceptors (Lipinski definition) is 2. The van der Waals surface area contributed by atoms with Crippen LogP contribution in [0, 0.1) is 0 Å². The zero-order chi connectivity index (χ0) is 16.4. The molecule has 0 amide bonds. The predicted molar refractivity (Wildman–Crippen MR) is 94.6 cm³/mol. The van der Waals surface area contributed by atoms with Gasteiger partial charge in [-0.15, -0.1) is 0 Å². The zero-order valence-corrected chi connectivity index (χ0v) is 13.4. The Bertz CT molecular complexity index is 1260. The minimum atomic E-state index is 0.809. The largest absolute Gasteiger partial charge is 0.298 e. The van der Waals surface area contributed by atoms with E-state index in [9.17, 15) is 0 Å². The highest BCUT2D eigenvalue weighted by molar-refractivity contribution is 5.85. The molecular formula is C20H14N5+. The summed E-state index contributed by atoms with van der Waals surface area (Å²) in [4.78, 5) is 8.91. The average molecular weight is 324 g/mol. The molecule has 1 aromatic carbocycles. The molecule has 0 spiro atoms. The van der Waals surface area contributed by atoms with Crippen LogP contribution in [0.25, 0.3) is 33.8 Å². The Hall–Kier alpha value is -3.47. The van der Waals surface area contributed by atoms with Crippen molar-refractivity contribution in [2.45, 2.75) is 6.54 Å². The third-order valence-electron chi connectivity index (χ3n) is 4.94. The summed E-state index contributed by atoms with van der Waals surface area (Å²) >= 11 is 0. The summed E-state index contributed by atoms with van der Waals surface area (Å²) in [5.74, 6) is 1.17. The average Bonchev–Trinajstić information content (AvgIpc) is 3.28. The number of benzene rings is 1. The Balaban J connectivity index is 1.81. The molecule has 5 heteroatoms. The first kappa shape index (κ1) is 12.9. The van der Waals surface area contributed by atoms with E-state index in [0.29, 0.717) is 0 Å². The van der Waals surface area contributed by atoms with E-state index in [1.807, 2.05) is 30.7 Å². The van der Waals surface area contributed by atoms with Crippen LogP contribution in [0.4, 0.5) is 0 Å². The maximum absolute atomic E-state index is 4.54. The second kappa shape index (κ2) is 4.54. The van der Waals surface area contributed by atoms with Crippen molar-refractivity contribution in [3.63, 3.8) is 0 Å². The number of nitrogens with zero attached hydrogens (tertiary/aromatic N) is 5. The van der Waals surface area contributed by atoms with Crippen LogP contribution in [0.2, 0.25) is 0 Å². The van der Waals surface area contributed by atoms with Crippen molar-refractivity contribution in [1.82, 2.24) is 18.9 Å². The Morgan fingerprint density at radius 2 is 1.84 bits per heavy atom. The van der Waals surface area contributed by atoms with Crippen LogP contribution >= 0.6 is 0 Å². The maximum atomic E-state index is 4.54. The molecular weight excluding hydrogens is 310 g/mol. The van der Waals surface area contributed by atoms with E-state index in [1.165, 1.54) is 11.4 Å². The first-order valence-electron chi connectivity index (χ1n) is 8.31. The fraction of sp³-hybridized carbons (Fsp3) is 0.0500. The molecule has 6 rings (SSSR count). The molecule has 1 aliphatic heterocycles. The van der Waals surface area contributed by atoms with Gasteiger partial charge in [0, 0.05) is 18.1 Å².